The molecule has 0 spiro atoms. The van der Waals surface area contributed by atoms with Crippen molar-refractivity contribution in [3.05, 3.63) is 51.9 Å². The number of nitrogens with zero attached hydrogens (tertiary/aromatic N) is 6. The largest absolute Gasteiger partial charge is 0.382 e. The molecule has 26 heavy (non-hydrogen) atoms. The number of hydrogen-bond acceptors (Lipinski definition) is 6. The third-order valence-electron chi connectivity index (χ3n) is 3.97. The van der Waals surface area contributed by atoms with Crippen LogP contribution in [0.25, 0.3) is 17.1 Å². The fourth-order valence-electron chi connectivity index (χ4n) is 2.74. The first-order valence-corrected chi connectivity index (χ1v) is 9.25. The number of nitrogen functional groups attached to an aromatic ring is 1. The Kier molecular flexibility index (Phi) is 4.45. The predicted molar refractivity (Wildman–Crippen MR) is 109 cm³/mol. The van der Waals surface area contributed by atoms with Gasteiger partial charge in [-0.05, 0) is 35.1 Å². The van der Waals surface area contributed by atoms with Gasteiger partial charge in [0.2, 0.25) is 11.9 Å². The summed E-state index contributed by atoms with van der Waals surface area (Å²) in [6.45, 7) is 3.35. The molecule has 4 aromatic rings. The Morgan fingerprint density at radius 3 is 2.65 bits per heavy atom. The van der Waals surface area contributed by atoms with Gasteiger partial charge in [-0.2, -0.15) is 15.1 Å². The van der Waals surface area contributed by atoms with E-state index in [0.29, 0.717) is 42.0 Å². The van der Waals surface area contributed by atoms with Gasteiger partial charge < -0.3 is 11.1 Å². The Morgan fingerprint density at radius 1 is 1.15 bits per heavy atom. The second-order valence-electron chi connectivity index (χ2n) is 5.70. The van der Waals surface area contributed by atoms with E-state index in [9.17, 15) is 0 Å². The Labute approximate surface area is 163 Å². The maximum absolute atomic E-state index is 6.15. The molecule has 0 radical (unpaired) electrons. The zero-order valence-electron chi connectivity index (χ0n) is 14.1. The lowest BCUT2D eigenvalue weighted by Gasteiger charge is -2.07. The number of aromatic nitrogens is 6. The molecule has 0 bridgehead atoms. The summed E-state index contributed by atoms with van der Waals surface area (Å²) < 4.78 is 4.73. The molecule has 0 amide bonds. The lowest BCUT2D eigenvalue weighted by molar-refractivity contribution is 0.696. The number of nitrogens with two attached hydrogens (primary N) is 1. The number of aryl methyl sites for hydroxylation is 1. The summed E-state index contributed by atoms with van der Waals surface area (Å²) in [6.07, 6.45) is 3.69. The van der Waals surface area contributed by atoms with Crippen molar-refractivity contribution in [1.29, 1.82) is 0 Å². The molecular formula is C17H17IN8. The summed E-state index contributed by atoms with van der Waals surface area (Å²) in [6, 6.07) is 10.1. The summed E-state index contributed by atoms with van der Waals surface area (Å²) in [5, 5.41) is 7.57. The van der Waals surface area contributed by atoms with Crippen LogP contribution in [-0.2, 0) is 13.1 Å². The molecule has 132 valence electrons. The predicted octanol–water partition coefficient (Wildman–Crippen LogP) is 2.83. The topological polar surface area (TPSA) is 99.5 Å². The second kappa shape index (κ2) is 6.90. The highest BCUT2D eigenvalue weighted by Crippen LogP contribution is 2.23. The summed E-state index contributed by atoms with van der Waals surface area (Å²) in [7, 11) is 0. The fraction of sp³-hybridized carbons (Fsp3) is 0.176. The molecule has 1 aromatic carbocycles. The number of anilines is 2. The highest BCUT2D eigenvalue weighted by molar-refractivity contribution is 14.1. The minimum Gasteiger partial charge on any atom is -0.382 e. The zero-order chi connectivity index (χ0) is 18.1. The van der Waals surface area contributed by atoms with Gasteiger partial charge in [0.25, 0.3) is 0 Å². The molecule has 4 rings (SSSR count). The first-order valence-electron chi connectivity index (χ1n) is 8.17. The lowest BCUT2D eigenvalue weighted by atomic mass is 10.2. The summed E-state index contributed by atoms with van der Waals surface area (Å²) in [4.78, 5) is 13.6. The average molecular weight is 460 g/mol. The second-order valence-corrected chi connectivity index (χ2v) is 6.95. The van der Waals surface area contributed by atoms with Crippen LogP contribution in [0.4, 0.5) is 11.8 Å². The van der Waals surface area contributed by atoms with Gasteiger partial charge in [-0.3, -0.25) is 4.57 Å². The molecule has 8 nitrogen and oxygen atoms in total. The van der Waals surface area contributed by atoms with Crippen molar-refractivity contribution in [3.63, 3.8) is 0 Å². The molecule has 0 aliphatic carbocycles. The number of benzene rings is 1. The third-order valence-corrected chi connectivity index (χ3v) is 4.52. The molecule has 3 heterocycles. The number of halogens is 1. The molecule has 0 aliphatic rings. The quantitative estimate of drug-likeness (QED) is 0.445. The standard InChI is InChI=1S/C17H17IN8/c1-2-25-15-13(22-17(25)26-10-12(18)9-21-26)14(19)23-16(24-15)20-8-11-6-4-3-5-7-11/h3-7,9-10H,2,8H2,1H3,(H3,19,20,23,24). The highest BCUT2D eigenvalue weighted by atomic mass is 127. The Bertz CT molecular complexity index is 1050. The molecule has 0 saturated heterocycles. The number of rotatable bonds is 5. The van der Waals surface area contributed by atoms with E-state index < -0.39 is 0 Å². The van der Waals surface area contributed by atoms with Gasteiger partial charge in [0.05, 0.1) is 9.77 Å². The first kappa shape index (κ1) is 16.8. The van der Waals surface area contributed by atoms with E-state index in [-0.39, 0.29) is 0 Å². The van der Waals surface area contributed by atoms with E-state index >= 15 is 0 Å². The smallest absolute Gasteiger partial charge is 0.233 e. The molecule has 3 aromatic heterocycles. The maximum Gasteiger partial charge on any atom is 0.233 e. The van der Waals surface area contributed by atoms with Crippen molar-refractivity contribution in [2.75, 3.05) is 11.1 Å². The Morgan fingerprint density at radius 2 is 1.96 bits per heavy atom. The average Bonchev–Trinajstić information content (AvgIpc) is 3.24. The van der Waals surface area contributed by atoms with Crippen LogP contribution in [0, 0.1) is 3.57 Å². The molecule has 0 unspecified atom stereocenters. The van der Waals surface area contributed by atoms with Crippen LogP contribution in [0.5, 0.6) is 0 Å². The number of fused-ring (bicyclic) bond motifs is 1. The maximum atomic E-state index is 6.15. The van der Waals surface area contributed by atoms with E-state index in [1.165, 1.54) is 0 Å². The van der Waals surface area contributed by atoms with Crippen LogP contribution in [0.3, 0.4) is 0 Å². The first-order chi connectivity index (χ1) is 12.7. The van der Waals surface area contributed by atoms with Gasteiger partial charge >= 0.3 is 0 Å². The Hall–Kier alpha value is -2.69. The van der Waals surface area contributed by atoms with Crippen LogP contribution >= 0.6 is 22.6 Å². The van der Waals surface area contributed by atoms with Crippen LogP contribution in [0.2, 0.25) is 0 Å². The minimum atomic E-state index is 0.348. The van der Waals surface area contributed by atoms with Gasteiger partial charge in [0.1, 0.15) is 0 Å². The molecule has 0 saturated carbocycles. The SMILES string of the molecule is CCn1c(-n2cc(I)cn2)nc2c(N)nc(NCc3ccccc3)nc21. The third kappa shape index (κ3) is 3.09. The van der Waals surface area contributed by atoms with Gasteiger partial charge in [-0.25, -0.2) is 9.67 Å². The molecular weight excluding hydrogens is 443 g/mol. The van der Waals surface area contributed by atoms with Crippen molar-refractivity contribution in [1.82, 2.24) is 29.3 Å². The number of hydrogen-bond donors (Lipinski definition) is 2. The van der Waals surface area contributed by atoms with Crippen molar-refractivity contribution in [2.24, 2.45) is 0 Å². The fourth-order valence-corrected chi connectivity index (χ4v) is 3.13. The van der Waals surface area contributed by atoms with Crippen LogP contribution < -0.4 is 11.1 Å². The van der Waals surface area contributed by atoms with Crippen molar-refractivity contribution >= 4 is 45.5 Å². The van der Waals surface area contributed by atoms with Gasteiger partial charge in [0, 0.05) is 19.3 Å². The van der Waals surface area contributed by atoms with E-state index in [2.05, 4.69) is 48.0 Å². The monoisotopic (exact) mass is 460 g/mol. The highest BCUT2D eigenvalue weighted by Gasteiger charge is 2.17. The van der Waals surface area contributed by atoms with Gasteiger partial charge in [-0.1, -0.05) is 30.3 Å². The molecule has 0 fully saturated rings. The summed E-state index contributed by atoms with van der Waals surface area (Å²) >= 11 is 2.22. The lowest BCUT2D eigenvalue weighted by Crippen LogP contribution is -2.08. The minimum absolute atomic E-state index is 0.348. The Balaban J connectivity index is 1.73. The molecule has 3 N–H and O–H groups in total. The molecule has 0 aliphatic heterocycles. The van der Waals surface area contributed by atoms with E-state index in [0.717, 1.165) is 9.13 Å². The van der Waals surface area contributed by atoms with Crippen molar-refractivity contribution in [2.45, 2.75) is 20.0 Å². The summed E-state index contributed by atoms with van der Waals surface area (Å²) in [5.41, 5.74) is 8.56. The van der Waals surface area contributed by atoms with Crippen LogP contribution in [-0.4, -0.2) is 29.3 Å². The van der Waals surface area contributed by atoms with Gasteiger partial charge in [-0.15, -0.1) is 0 Å². The van der Waals surface area contributed by atoms with E-state index in [1.54, 1.807) is 10.9 Å². The van der Waals surface area contributed by atoms with Crippen LogP contribution in [0.1, 0.15) is 12.5 Å². The van der Waals surface area contributed by atoms with Crippen LogP contribution in [0.15, 0.2) is 42.7 Å². The van der Waals surface area contributed by atoms with E-state index in [1.807, 2.05) is 48.0 Å². The molecule has 9 heteroatoms. The normalized spacial score (nSPS) is 11.2. The summed E-state index contributed by atoms with van der Waals surface area (Å²) in [5.74, 6) is 1.50. The zero-order valence-corrected chi connectivity index (χ0v) is 16.3. The number of imidazole rings is 1. The van der Waals surface area contributed by atoms with E-state index in [4.69, 9.17) is 5.73 Å². The van der Waals surface area contributed by atoms with Crippen molar-refractivity contribution < 1.29 is 0 Å². The van der Waals surface area contributed by atoms with Gasteiger partial charge in [0.15, 0.2) is 17.0 Å². The van der Waals surface area contributed by atoms with Crippen molar-refractivity contribution in [3.8, 4) is 5.95 Å². The number of nitrogens with one attached hydrogen (secondary N) is 1. The molecule has 0 atom stereocenters.